The molecule has 9 nitrogen and oxygen atoms in total. The van der Waals surface area contributed by atoms with E-state index in [0.29, 0.717) is 56.6 Å². The van der Waals surface area contributed by atoms with Crippen LogP contribution in [0.5, 0.6) is 0 Å². The summed E-state index contributed by atoms with van der Waals surface area (Å²) in [6.45, 7) is 8.52. The van der Waals surface area contributed by atoms with Crippen LogP contribution in [0.2, 0.25) is 5.02 Å². The van der Waals surface area contributed by atoms with Gasteiger partial charge >= 0.3 is 0 Å². The maximum absolute atomic E-state index is 14.1. The Hall–Kier alpha value is -2.34. The Labute approximate surface area is 287 Å². The number of piperazine rings is 1. The van der Waals surface area contributed by atoms with Crippen LogP contribution in [0, 0.1) is 11.8 Å². The molecule has 1 saturated carbocycles. The molecule has 2 amide bonds. The Bertz CT molecular complexity index is 1390. The average Bonchev–Trinajstić information content (AvgIpc) is 3.45. The first-order chi connectivity index (χ1) is 22.5. The largest absolute Gasteiger partial charge is 0.344 e. The van der Waals surface area contributed by atoms with E-state index in [2.05, 4.69) is 41.5 Å². The topological polar surface area (TPSA) is 105 Å². The van der Waals surface area contributed by atoms with Gasteiger partial charge in [-0.1, -0.05) is 85.4 Å². The van der Waals surface area contributed by atoms with Gasteiger partial charge in [-0.15, -0.1) is 0 Å². The lowest BCUT2D eigenvalue weighted by Crippen LogP contribution is -2.60. The molecule has 0 spiro atoms. The van der Waals surface area contributed by atoms with Gasteiger partial charge in [0.15, 0.2) is 6.26 Å². The van der Waals surface area contributed by atoms with Gasteiger partial charge in [-0.25, -0.2) is 0 Å². The van der Waals surface area contributed by atoms with Gasteiger partial charge in [-0.05, 0) is 57.7 Å². The average molecular weight is 687 g/mol. The highest BCUT2D eigenvalue weighted by atomic mass is 35.5. The zero-order valence-corrected chi connectivity index (χ0v) is 29.8. The Morgan fingerprint density at radius 3 is 2.36 bits per heavy atom. The summed E-state index contributed by atoms with van der Waals surface area (Å²) in [7, 11) is -3.10. The van der Waals surface area contributed by atoms with E-state index in [9.17, 15) is 18.4 Å². The van der Waals surface area contributed by atoms with Crippen molar-refractivity contribution in [3.63, 3.8) is 0 Å². The minimum absolute atomic E-state index is 0.0738. The minimum Gasteiger partial charge on any atom is -0.344 e. The van der Waals surface area contributed by atoms with Crippen LogP contribution in [0.15, 0.2) is 48.5 Å². The van der Waals surface area contributed by atoms with E-state index >= 15 is 0 Å². The number of amides is 2. The molecule has 0 bridgehead atoms. The van der Waals surface area contributed by atoms with Gasteiger partial charge in [0.05, 0.1) is 6.54 Å². The SMILES string of the molecule is CC(C)CN(CC(C1CCCCC1)N1CCN(C(=O)C(Cc2ccc(Cl)cc2)NC(=O)CC2NCc3ccccc32)CC1)[S+](C)(=O)O. The molecule has 1 aliphatic carbocycles. The number of benzene rings is 2. The molecule has 5 rings (SSSR count). The molecule has 3 aliphatic rings. The molecule has 2 fully saturated rings. The third kappa shape index (κ3) is 9.86. The van der Waals surface area contributed by atoms with Crippen LogP contribution in [0.4, 0.5) is 0 Å². The molecule has 258 valence electrons. The monoisotopic (exact) mass is 686 g/mol. The standard InChI is InChI=1S/C36H52ClN5O4S/c1-26(2)24-42(47(3,45)46)25-34(28-9-5-4-6-10-28)40-17-19-41(20-18-40)36(44)33(21-27-13-15-30(37)16-14-27)39-35(43)22-32-31-12-8-7-11-29(31)23-38-32/h7-8,11-16,26,28,32-34,38H,4-6,9-10,17-25H2,1-3H3,(H-,39,43,45,46)/p+1. The summed E-state index contributed by atoms with van der Waals surface area (Å²) >= 11 is 6.14. The number of carbonyl (C=O) groups excluding carboxylic acids is 2. The first-order valence-electron chi connectivity index (χ1n) is 17.3. The number of hydrogen-bond donors (Lipinski definition) is 3. The summed E-state index contributed by atoms with van der Waals surface area (Å²) in [5.41, 5.74) is 3.28. The van der Waals surface area contributed by atoms with Crippen LogP contribution < -0.4 is 10.6 Å². The highest BCUT2D eigenvalue weighted by Crippen LogP contribution is 2.32. The second-order valence-corrected chi connectivity index (χ2v) is 16.6. The normalized spacial score (nSPS) is 21.8. The predicted molar refractivity (Wildman–Crippen MR) is 189 cm³/mol. The van der Waals surface area contributed by atoms with Crippen molar-refractivity contribution in [1.29, 1.82) is 0 Å². The van der Waals surface area contributed by atoms with E-state index in [-0.39, 0.29) is 36.2 Å². The molecule has 47 heavy (non-hydrogen) atoms. The lowest BCUT2D eigenvalue weighted by molar-refractivity contribution is -0.138. The van der Waals surface area contributed by atoms with E-state index in [1.165, 1.54) is 31.1 Å². The molecule has 4 atom stereocenters. The number of fused-ring (bicyclic) bond motifs is 1. The minimum atomic E-state index is -3.10. The van der Waals surface area contributed by atoms with Crippen molar-refractivity contribution in [3.8, 4) is 0 Å². The second-order valence-electron chi connectivity index (χ2n) is 14.1. The highest BCUT2D eigenvalue weighted by Gasteiger charge is 2.39. The van der Waals surface area contributed by atoms with Crippen molar-refractivity contribution >= 4 is 33.8 Å². The summed E-state index contributed by atoms with van der Waals surface area (Å²) in [5, 5.41) is 7.16. The van der Waals surface area contributed by atoms with Crippen LogP contribution in [-0.2, 0) is 37.2 Å². The maximum atomic E-state index is 14.1. The third-order valence-electron chi connectivity index (χ3n) is 10.1. The van der Waals surface area contributed by atoms with Crippen LogP contribution in [0.25, 0.3) is 0 Å². The zero-order chi connectivity index (χ0) is 33.6. The summed E-state index contributed by atoms with van der Waals surface area (Å²) in [6.07, 6.45) is 7.97. The Kier molecular flexibility index (Phi) is 12.5. The van der Waals surface area contributed by atoms with Crippen molar-refractivity contribution in [3.05, 3.63) is 70.2 Å². The molecule has 1 saturated heterocycles. The molecular weight excluding hydrogens is 634 g/mol. The van der Waals surface area contributed by atoms with Gasteiger partial charge in [0.2, 0.25) is 11.8 Å². The quantitative estimate of drug-likeness (QED) is 0.251. The zero-order valence-electron chi connectivity index (χ0n) is 28.2. The molecule has 0 aromatic heterocycles. The fraction of sp³-hybridized carbons (Fsp3) is 0.611. The van der Waals surface area contributed by atoms with Crippen molar-refractivity contribution in [2.24, 2.45) is 11.8 Å². The second kappa shape index (κ2) is 16.4. The van der Waals surface area contributed by atoms with Gasteiger partial charge in [0.25, 0.3) is 10.4 Å². The lowest BCUT2D eigenvalue weighted by Gasteiger charge is -2.44. The molecule has 11 heteroatoms. The van der Waals surface area contributed by atoms with Crippen LogP contribution in [-0.4, -0.2) is 88.1 Å². The molecule has 2 aromatic rings. The van der Waals surface area contributed by atoms with Crippen LogP contribution in [0.3, 0.4) is 0 Å². The maximum Gasteiger partial charge on any atom is 0.288 e. The van der Waals surface area contributed by atoms with E-state index in [1.807, 2.05) is 41.3 Å². The van der Waals surface area contributed by atoms with Crippen LogP contribution >= 0.6 is 11.6 Å². The van der Waals surface area contributed by atoms with Crippen molar-refractivity contribution in [2.75, 3.05) is 45.5 Å². The first kappa shape index (κ1) is 36.0. The molecule has 0 radical (unpaired) electrons. The summed E-state index contributed by atoms with van der Waals surface area (Å²) in [6, 6.07) is 15.0. The van der Waals surface area contributed by atoms with E-state index in [1.54, 1.807) is 4.31 Å². The molecule has 2 heterocycles. The highest BCUT2D eigenvalue weighted by molar-refractivity contribution is 7.94. The number of rotatable bonds is 13. The predicted octanol–water partition coefficient (Wildman–Crippen LogP) is 5.17. The van der Waals surface area contributed by atoms with Crippen molar-refractivity contribution < 1.29 is 18.4 Å². The van der Waals surface area contributed by atoms with Crippen molar-refractivity contribution in [1.82, 2.24) is 24.7 Å². The smallest absolute Gasteiger partial charge is 0.288 e. The summed E-state index contributed by atoms with van der Waals surface area (Å²) in [4.78, 5) is 31.9. The number of hydrogen-bond acceptors (Lipinski definition) is 5. The summed E-state index contributed by atoms with van der Waals surface area (Å²) in [5.74, 6) is 0.514. The third-order valence-corrected chi connectivity index (χ3v) is 11.6. The van der Waals surface area contributed by atoms with Gasteiger partial charge in [-0.2, -0.15) is 4.55 Å². The molecule has 2 aliphatic heterocycles. The summed E-state index contributed by atoms with van der Waals surface area (Å²) < 4.78 is 25.3. The van der Waals surface area contributed by atoms with Gasteiger partial charge in [0, 0.05) is 69.2 Å². The lowest BCUT2D eigenvalue weighted by atomic mass is 9.82. The molecule has 3 N–H and O–H groups in total. The Morgan fingerprint density at radius 1 is 1.02 bits per heavy atom. The molecule has 2 aromatic carbocycles. The van der Waals surface area contributed by atoms with E-state index in [4.69, 9.17) is 11.6 Å². The Balaban J connectivity index is 1.27. The van der Waals surface area contributed by atoms with Crippen LogP contribution in [0.1, 0.15) is 75.1 Å². The van der Waals surface area contributed by atoms with E-state index < -0.39 is 16.4 Å². The fourth-order valence-corrected chi connectivity index (χ4v) is 8.73. The fourth-order valence-electron chi connectivity index (χ4n) is 7.60. The number of halogens is 1. The first-order valence-corrected chi connectivity index (χ1v) is 19.6. The number of nitrogens with zero attached hydrogens (tertiary/aromatic N) is 3. The van der Waals surface area contributed by atoms with E-state index in [0.717, 1.165) is 30.5 Å². The van der Waals surface area contributed by atoms with Gasteiger partial charge < -0.3 is 15.5 Å². The Morgan fingerprint density at radius 2 is 1.70 bits per heavy atom. The van der Waals surface area contributed by atoms with Gasteiger partial charge in [0.1, 0.15) is 6.04 Å². The molecule has 4 unspecified atom stereocenters. The van der Waals surface area contributed by atoms with Crippen molar-refractivity contribution in [2.45, 2.75) is 83.5 Å². The number of nitrogens with one attached hydrogen (secondary N) is 2. The van der Waals surface area contributed by atoms with Gasteiger partial charge in [-0.3, -0.25) is 14.5 Å². The molecular formula is C36H53ClN5O4S+. The number of carbonyl (C=O) groups is 2.